The van der Waals surface area contributed by atoms with Crippen molar-refractivity contribution in [3.8, 4) is 0 Å². The number of benzene rings is 1. The largest absolute Gasteiger partial charge is 0.452 e. The van der Waals surface area contributed by atoms with Crippen LogP contribution in [0, 0.1) is 28.6 Å². The molecule has 7 rings (SSSR count). The number of hydrogen-bond acceptors (Lipinski definition) is 11. The van der Waals surface area contributed by atoms with E-state index in [-0.39, 0.29) is 37.5 Å². The molecule has 4 N–H and O–H groups in total. The number of likely N-dealkylation sites (tertiary alicyclic amines) is 1. The summed E-state index contributed by atoms with van der Waals surface area (Å²) in [6.45, 7) is 0.735. The summed E-state index contributed by atoms with van der Waals surface area (Å²) in [5.41, 5.74) is -7.16. The van der Waals surface area contributed by atoms with Gasteiger partial charge in [-0.1, -0.05) is 18.2 Å². The molecule has 1 saturated heterocycles. The highest BCUT2D eigenvalue weighted by Crippen LogP contribution is 2.80. The van der Waals surface area contributed by atoms with Gasteiger partial charge in [0.15, 0.2) is 6.10 Å². The Balaban J connectivity index is 1.48. The van der Waals surface area contributed by atoms with E-state index in [1.165, 1.54) is 7.11 Å². The number of carbonyl (C=O) groups excluding carboxylic acids is 1. The molecule has 0 amide bonds. The zero-order valence-electron chi connectivity index (χ0n) is 24.8. The fourth-order valence-electron chi connectivity index (χ4n) is 11.7. The van der Waals surface area contributed by atoms with Crippen LogP contribution in [-0.4, -0.2) is 133 Å². The van der Waals surface area contributed by atoms with Crippen molar-refractivity contribution in [2.45, 2.75) is 72.6 Å². The maximum Gasteiger partial charge on any atom is 0.338 e. The number of hydrogen-bond donors (Lipinski definition) is 4. The van der Waals surface area contributed by atoms with E-state index in [4.69, 9.17) is 23.7 Å². The minimum Gasteiger partial charge on any atom is -0.452 e. The van der Waals surface area contributed by atoms with Crippen molar-refractivity contribution in [2.24, 2.45) is 28.6 Å². The zero-order chi connectivity index (χ0) is 30.0. The molecule has 7 bridgehead atoms. The summed E-state index contributed by atoms with van der Waals surface area (Å²) in [5, 5.41) is 50.5. The second-order valence-electron chi connectivity index (χ2n) is 13.8. The Hall–Kier alpha value is -1.67. The smallest absolute Gasteiger partial charge is 0.338 e. The van der Waals surface area contributed by atoms with E-state index in [0.29, 0.717) is 6.54 Å². The van der Waals surface area contributed by atoms with Gasteiger partial charge in [0.1, 0.15) is 16.8 Å². The number of aliphatic hydroxyl groups excluding tert-OH is 1. The summed E-state index contributed by atoms with van der Waals surface area (Å²) in [7, 11) is 8.25. The highest BCUT2D eigenvalue weighted by molar-refractivity contribution is 5.89. The normalized spacial score (nSPS) is 53.7. The molecule has 11 nitrogen and oxygen atoms in total. The molecular formula is C31H43NO10. The molecule has 6 aliphatic rings. The minimum atomic E-state index is -2.07. The summed E-state index contributed by atoms with van der Waals surface area (Å²) in [6.07, 6.45) is -4.17. The number of carbonyl (C=O) groups is 1. The molecule has 6 fully saturated rings. The molecule has 1 aliphatic heterocycles. The Kier molecular flexibility index (Phi) is 6.35. The van der Waals surface area contributed by atoms with Gasteiger partial charge in [-0.3, -0.25) is 0 Å². The molecule has 1 heterocycles. The van der Waals surface area contributed by atoms with Gasteiger partial charge in [-0.15, -0.1) is 0 Å². The topological polar surface area (TPSA) is 147 Å². The van der Waals surface area contributed by atoms with E-state index in [1.54, 1.807) is 51.7 Å². The van der Waals surface area contributed by atoms with Crippen LogP contribution < -0.4 is 0 Å². The van der Waals surface area contributed by atoms with Crippen molar-refractivity contribution < 1.29 is 48.9 Å². The number of esters is 1. The van der Waals surface area contributed by atoms with Gasteiger partial charge in [-0.25, -0.2) is 4.79 Å². The molecule has 1 aromatic carbocycles. The van der Waals surface area contributed by atoms with Gasteiger partial charge in [0.25, 0.3) is 0 Å². The van der Waals surface area contributed by atoms with Crippen LogP contribution in [0.15, 0.2) is 30.3 Å². The van der Waals surface area contributed by atoms with Crippen molar-refractivity contribution in [1.29, 1.82) is 0 Å². The lowest BCUT2D eigenvalue weighted by molar-refractivity contribution is -0.346. The van der Waals surface area contributed by atoms with Gasteiger partial charge in [0, 0.05) is 82.5 Å². The van der Waals surface area contributed by atoms with Crippen LogP contribution >= 0.6 is 0 Å². The molecule has 11 heteroatoms. The van der Waals surface area contributed by atoms with E-state index in [1.807, 2.05) is 7.05 Å². The summed E-state index contributed by atoms with van der Waals surface area (Å²) < 4.78 is 30.3. The fourth-order valence-corrected chi connectivity index (χ4v) is 11.7. The third-order valence-corrected chi connectivity index (χ3v) is 12.7. The van der Waals surface area contributed by atoms with E-state index in [0.717, 1.165) is 0 Å². The van der Waals surface area contributed by atoms with Crippen LogP contribution in [0.4, 0.5) is 0 Å². The number of ether oxygens (including phenoxy) is 5. The lowest BCUT2D eigenvalue weighted by atomic mass is 9.41. The van der Waals surface area contributed by atoms with E-state index < -0.39 is 81.9 Å². The van der Waals surface area contributed by atoms with Gasteiger partial charge < -0.3 is 49.0 Å². The molecular weight excluding hydrogens is 546 g/mol. The van der Waals surface area contributed by atoms with E-state index in [2.05, 4.69) is 4.90 Å². The highest BCUT2D eigenvalue weighted by atomic mass is 16.6. The first kappa shape index (κ1) is 29.1. The maximum atomic E-state index is 13.5. The van der Waals surface area contributed by atoms with E-state index in [9.17, 15) is 25.2 Å². The SMILES string of the molecule is COCC12CN(C)C3C4C(OC)C1C3(C(OC)CC2O)C1CC2(O)C(OC)CC4(O)C1(O)C2OC(=O)c1ccccc1. The lowest BCUT2D eigenvalue weighted by Gasteiger charge is -2.71. The molecule has 5 saturated carbocycles. The number of aliphatic hydroxyl groups is 4. The average Bonchev–Trinajstić information content (AvgIpc) is 3.34. The lowest BCUT2D eigenvalue weighted by Crippen LogP contribution is -2.84. The first-order valence-corrected chi connectivity index (χ1v) is 14.9. The number of methoxy groups -OCH3 is 4. The van der Waals surface area contributed by atoms with Gasteiger partial charge in [-0.05, 0) is 25.6 Å². The van der Waals surface area contributed by atoms with Crippen molar-refractivity contribution in [2.75, 3.05) is 48.6 Å². The Labute approximate surface area is 245 Å². The van der Waals surface area contributed by atoms with Crippen LogP contribution in [0.1, 0.15) is 29.6 Å². The molecule has 1 spiro atoms. The highest BCUT2D eigenvalue weighted by Gasteiger charge is 2.93. The monoisotopic (exact) mass is 589 g/mol. The second-order valence-corrected chi connectivity index (χ2v) is 13.8. The molecule has 5 aliphatic carbocycles. The molecule has 14 atom stereocenters. The molecule has 0 radical (unpaired) electrons. The molecule has 42 heavy (non-hydrogen) atoms. The van der Waals surface area contributed by atoms with Crippen LogP contribution in [0.2, 0.25) is 0 Å². The van der Waals surface area contributed by atoms with Crippen LogP contribution in [0.5, 0.6) is 0 Å². The Morgan fingerprint density at radius 1 is 1.00 bits per heavy atom. The third-order valence-electron chi connectivity index (χ3n) is 12.7. The molecule has 232 valence electrons. The number of rotatable bonds is 7. The molecule has 14 unspecified atom stereocenters. The minimum absolute atomic E-state index is 0.0000642. The Bertz CT molecular complexity index is 1250. The zero-order valence-corrected chi connectivity index (χ0v) is 24.8. The fraction of sp³-hybridized carbons (Fsp3) is 0.774. The van der Waals surface area contributed by atoms with Crippen molar-refractivity contribution >= 4 is 5.97 Å². The van der Waals surface area contributed by atoms with Crippen molar-refractivity contribution in [3.05, 3.63) is 35.9 Å². The summed E-state index contributed by atoms with van der Waals surface area (Å²) in [6, 6.07) is 8.09. The van der Waals surface area contributed by atoms with Gasteiger partial charge >= 0.3 is 5.97 Å². The van der Waals surface area contributed by atoms with Crippen LogP contribution in [0.3, 0.4) is 0 Å². The number of fused-ring (bicyclic) bond motifs is 2. The second kappa shape index (κ2) is 9.18. The van der Waals surface area contributed by atoms with Gasteiger partial charge in [0.2, 0.25) is 0 Å². The number of nitrogens with zero attached hydrogens (tertiary/aromatic N) is 1. The first-order chi connectivity index (χ1) is 20.0. The summed E-state index contributed by atoms with van der Waals surface area (Å²) >= 11 is 0. The Morgan fingerprint density at radius 3 is 2.31 bits per heavy atom. The van der Waals surface area contributed by atoms with Crippen molar-refractivity contribution in [1.82, 2.24) is 4.90 Å². The summed E-state index contributed by atoms with van der Waals surface area (Å²) in [5.74, 6) is -2.58. The number of piperidine rings is 1. The Morgan fingerprint density at radius 2 is 1.69 bits per heavy atom. The van der Waals surface area contributed by atoms with E-state index >= 15 is 0 Å². The molecule has 0 aromatic heterocycles. The third kappa shape index (κ3) is 2.96. The average molecular weight is 590 g/mol. The predicted octanol–water partition coefficient (Wildman–Crippen LogP) is -0.169. The standard InChI is InChI=1S/C31H43NO10/c1-32-14-27(15-38-2)18(33)11-19(39-3)30-17-12-28(35)20(40-4)13-29(36,21(24(30)32)22(41-5)23(27)30)31(17,37)26(28)42-25(34)16-9-7-6-8-10-16/h6-10,17-24,26,33,35-37H,11-15H2,1-5H3. The van der Waals surface area contributed by atoms with Crippen molar-refractivity contribution in [3.63, 3.8) is 0 Å². The quantitative estimate of drug-likeness (QED) is 0.315. The predicted molar refractivity (Wildman–Crippen MR) is 146 cm³/mol. The summed E-state index contributed by atoms with van der Waals surface area (Å²) in [4.78, 5) is 15.7. The maximum absolute atomic E-state index is 13.5. The van der Waals surface area contributed by atoms with Gasteiger partial charge in [-0.2, -0.15) is 0 Å². The van der Waals surface area contributed by atoms with Crippen LogP contribution in [-0.2, 0) is 23.7 Å². The first-order valence-electron chi connectivity index (χ1n) is 14.9. The van der Waals surface area contributed by atoms with Crippen LogP contribution in [0.25, 0.3) is 0 Å². The molecule has 1 aromatic rings. The van der Waals surface area contributed by atoms with Gasteiger partial charge in [0.05, 0.1) is 36.6 Å².